The van der Waals surface area contributed by atoms with E-state index in [9.17, 15) is 4.79 Å². The van der Waals surface area contributed by atoms with Crippen molar-refractivity contribution in [3.05, 3.63) is 84.3 Å². The number of hydrogen-bond acceptors (Lipinski definition) is 7. The zero-order chi connectivity index (χ0) is 21.9. The van der Waals surface area contributed by atoms with Gasteiger partial charge in [-0.05, 0) is 47.2 Å². The van der Waals surface area contributed by atoms with E-state index in [-0.39, 0.29) is 18.5 Å². The fraction of sp³-hybridized carbons (Fsp3) is 0.174. The van der Waals surface area contributed by atoms with Crippen LogP contribution in [0.15, 0.2) is 82.5 Å². The summed E-state index contributed by atoms with van der Waals surface area (Å²) in [4.78, 5) is 14.5. The van der Waals surface area contributed by atoms with Gasteiger partial charge in [-0.1, -0.05) is 30.3 Å². The summed E-state index contributed by atoms with van der Waals surface area (Å²) < 4.78 is 10.8. The number of hydrazone groups is 1. The summed E-state index contributed by atoms with van der Waals surface area (Å²) in [6.07, 6.45) is 2.13. The lowest BCUT2D eigenvalue weighted by molar-refractivity contribution is -0.134. The predicted molar refractivity (Wildman–Crippen MR) is 116 cm³/mol. The molecule has 0 saturated carbocycles. The first-order valence-electron chi connectivity index (χ1n) is 10.1. The van der Waals surface area contributed by atoms with E-state index < -0.39 is 0 Å². The van der Waals surface area contributed by atoms with E-state index in [0.717, 1.165) is 22.6 Å². The molecule has 0 bridgehead atoms. The number of amides is 1. The quantitative estimate of drug-likeness (QED) is 0.467. The Balaban J connectivity index is 1.39. The molecule has 1 unspecified atom stereocenters. The zero-order valence-corrected chi connectivity index (χ0v) is 17.3. The second-order valence-electron chi connectivity index (χ2n) is 7.26. The molecule has 1 amide bonds. The highest BCUT2D eigenvalue weighted by molar-refractivity contribution is 6.03. The lowest BCUT2D eigenvalue weighted by Crippen LogP contribution is -2.31. The zero-order valence-electron chi connectivity index (χ0n) is 17.3. The van der Waals surface area contributed by atoms with Crippen molar-refractivity contribution in [1.82, 2.24) is 25.2 Å². The van der Waals surface area contributed by atoms with Crippen molar-refractivity contribution in [1.29, 1.82) is 0 Å². The summed E-state index contributed by atoms with van der Waals surface area (Å²) in [6.45, 7) is -0.0869. The van der Waals surface area contributed by atoms with Crippen molar-refractivity contribution in [2.75, 3.05) is 7.11 Å². The van der Waals surface area contributed by atoms with Crippen LogP contribution in [0.5, 0.6) is 5.75 Å². The standard InChI is InChI=1S/C23H20N6O3/c1-31-18-11-9-16(10-12-18)19-14-20(21-8-5-13-32-21)29(25-19)22(30)15-28-26-23(24-27-28)17-6-3-2-4-7-17/h2-13,20H,14-15H2,1H3. The molecule has 0 saturated heterocycles. The molecule has 0 N–H and O–H groups in total. The van der Waals surface area contributed by atoms with Gasteiger partial charge in [0.15, 0.2) is 0 Å². The number of methoxy groups -OCH3 is 1. The van der Waals surface area contributed by atoms with Gasteiger partial charge < -0.3 is 9.15 Å². The second-order valence-corrected chi connectivity index (χ2v) is 7.26. The number of tetrazole rings is 1. The minimum Gasteiger partial charge on any atom is -0.497 e. The molecule has 5 rings (SSSR count). The summed E-state index contributed by atoms with van der Waals surface area (Å²) in [5.41, 5.74) is 2.54. The summed E-state index contributed by atoms with van der Waals surface area (Å²) in [5, 5.41) is 18.5. The lowest BCUT2D eigenvalue weighted by atomic mass is 10.0. The fourth-order valence-corrected chi connectivity index (χ4v) is 3.61. The minimum absolute atomic E-state index is 0.0869. The molecule has 1 atom stereocenters. The van der Waals surface area contributed by atoms with Gasteiger partial charge in [0.25, 0.3) is 5.91 Å². The van der Waals surface area contributed by atoms with Crippen LogP contribution in [0.2, 0.25) is 0 Å². The molecule has 0 radical (unpaired) electrons. The van der Waals surface area contributed by atoms with Crippen LogP contribution in [0.3, 0.4) is 0 Å². The molecular weight excluding hydrogens is 408 g/mol. The third-order valence-corrected chi connectivity index (χ3v) is 5.22. The van der Waals surface area contributed by atoms with Crippen molar-refractivity contribution in [2.24, 2.45) is 5.10 Å². The molecule has 0 spiro atoms. The molecule has 3 heterocycles. The topological polar surface area (TPSA) is 98.6 Å². The smallest absolute Gasteiger partial charge is 0.267 e. The Bertz CT molecular complexity index is 1230. The second kappa shape index (κ2) is 8.46. The van der Waals surface area contributed by atoms with E-state index in [1.54, 1.807) is 19.4 Å². The molecule has 9 heteroatoms. The van der Waals surface area contributed by atoms with Crippen molar-refractivity contribution >= 4 is 11.6 Å². The van der Waals surface area contributed by atoms with Gasteiger partial charge in [-0.15, -0.1) is 10.2 Å². The third-order valence-electron chi connectivity index (χ3n) is 5.22. The fourth-order valence-electron chi connectivity index (χ4n) is 3.61. The molecular formula is C23H20N6O3. The first-order valence-corrected chi connectivity index (χ1v) is 10.1. The molecule has 32 heavy (non-hydrogen) atoms. The highest BCUT2D eigenvalue weighted by atomic mass is 16.5. The summed E-state index contributed by atoms with van der Waals surface area (Å²) >= 11 is 0. The molecule has 160 valence electrons. The maximum absolute atomic E-state index is 13.2. The van der Waals surface area contributed by atoms with Crippen LogP contribution < -0.4 is 4.74 Å². The van der Waals surface area contributed by atoms with Gasteiger partial charge >= 0.3 is 0 Å². The number of carbonyl (C=O) groups is 1. The average molecular weight is 428 g/mol. The van der Waals surface area contributed by atoms with E-state index in [4.69, 9.17) is 9.15 Å². The molecule has 0 fully saturated rings. The van der Waals surface area contributed by atoms with Crippen molar-refractivity contribution < 1.29 is 13.9 Å². The van der Waals surface area contributed by atoms with Gasteiger partial charge in [0.2, 0.25) is 5.82 Å². The number of nitrogens with zero attached hydrogens (tertiary/aromatic N) is 6. The highest BCUT2D eigenvalue weighted by Gasteiger charge is 2.35. The number of hydrogen-bond donors (Lipinski definition) is 0. The van der Waals surface area contributed by atoms with Gasteiger partial charge in [0, 0.05) is 12.0 Å². The van der Waals surface area contributed by atoms with Crippen LogP contribution in [-0.4, -0.2) is 43.9 Å². The first-order chi connectivity index (χ1) is 15.7. The van der Waals surface area contributed by atoms with E-state index in [1.807, 2.05) is 60.7 Å². The maximum atomic E-state index is 13.2. The van der Waals surface area contributed by atoms with Crippen LogP contribution in [-0.2, 0) is 11.3 Å². The largest absolute Gasteiger partial charge is 0.497 e. The lowest BCUT2D eigenvalue weighted by Gasteiger charge is -2.19. The number of rotatable bonds is 6. The summed E-state index contributed by atoms with van der Waals surface area (Å²) in [5.74, 6) is 1.63. The van der Waals surface area contributed by atoms with Crippen molar-refractivity contribution in [2.45, 2.75) is 19.0 Å². The predicted octanol–water partition coefficient (Wildman–Crippen LogP) is 3.32. The van der Waals surface area contributed by atoms with E-state index >= 15 is 0 Å². The molecule has 2 aromatic carbocycles. The first kappa shape index (κ1) is 19.7. The molecule has 0 aliphatic carbocycles. The third kappa shape index (κ3) is 3.87. The monoisotopic (exact) mass is 428 g/mol. The molecule has 9 nitrogen and oxygen atoms in total. The van der Waals surface area contributed by atoms with Crippen LogP contribution in [0, 0.1) is 0 Å². The van der Waals surface area contributed by atoms with Crippen LogP contribution in [0.1, 0.15) is 23.8 Å². The minimum atomic E-state index is -0.341. The average Bonchev–Trinajstić information content (AvgIpc) is 3.60. The van der Waals surface area contributed by atoms with Gasteiger partial charge in [-0.2, -0.15) is 9.90 Å². The molecule has 4 aromatic rings. The Morgan fingerprint density at radius 3 is 2.59 bits per heavy atom. The number of carbonyl (C=O) groups excluding carboxylic acids is 1. The molecule has 1 aliphatic heterocycles. The van der Waals surface area contributed by atoms with Gasteiger partial charge in [-0.3, -0.25) is 4.79 Å². The van der Waals surface area contributed by atoms with E-state index in [2.05, 4.69) is 20.5 Å². The number of benzene rings is 2. The Labute approximate surface area is 183 Å². The Kier molecular flexibility index (Phi) is 5.20. The normalized spacial score (nSPS) is 15.6. The van der Waals surface area contributed by atoms with Crippen molar-refractivity contribution in [3.63, 3.8) is 0 Å². The number of ether oxygens (including phenoxy) is 1. The van der Waals surface area contributed by atoms with Gasteiger partial charge in [0.05, 0.1) is 19.1 Å². The Morgan fingerprint density at radius 1 is 1.06 bits per heavy atom. The van der Waals surface area contributed by atoms with Crippen molar-refractivity contribution in [3.8, 4) is 17.1 Å². The summed E-state index contributed by atoms with van der Waals surface area (Å²) in [7, 11) is 1.62. The maximum Gasteiger partial charge on any atom is 0.267 e. The number of furan rings is 1. The Hall–Kier alpha value is -4.27. The number of aromatic nitrogens is 4. The highest BCUT2D eigenvalue weighted by Crippen LogP contribution is 2.33. The van der Waals surface area contributed by atoms with Gasteiger partial charge in [0.1, 0.15) is 24.1 Å². The van der Waals surface area contributed by atoms with Gasteiger partial charge in [-0.25, -0.2) is 5.01 Å². The van der Waals surface area contributed by atoms with E-state index in [1.165, 1.54) is 9.81 Å². The summed E-state index contributed by atoms with van der Waals surface area (Å²) in [6, 6.07) is 20.4. The van der Waals surface area contributed by atoms with Crippen LogP contribution in [0.25, 0.3) is 11.4 Å². The Morgan fingerprint density at radius 2 is 1.88 bits per heavy atom. The van der Waals surface area contributed by atoms with E-state index in [0.29, 0.717) is 18.0 Å². The van der Waals surface area contributed by atoms with Crippen LogP contribution in [0.4, 0.5) is 0 Å². The molecule has 2 aromatic heterocycles. The molecule has 1 aliphatic rings. The van der Waals surface area contributed by atoms with Crippen LogP contribution >= 0.6 is 0 Å². The SMILES string of the molecule is COc1ccc(C2=NN(C(=O)Cn3nnc(-c4ccccc4)n3)C(c3ccco3)C2)cc1.